The Morgan fingerprint density at radius 2 is 2.35 bits per heavy atom. The van der Waals surface area contributed by atoms with Gasteiger partial charge in [0.25, 0.3) is 0 Å². The number of guanidine groups is 1. The van der Waals surface area contributed by atoms with Gasteiger partial charge in [0.15, 0.2) is 5.96 Å². The quantitative estimate of drug-likeness (QED) is 0.275. The zero-order valence-corrected chi connectivity index (χ0v) is 13.8. The molecule has 1 fully saturated rings. The third kappa shape index (κ3) is 8.48. The second-order valence-corrected chi connectivity index (χ2v) is 6.19. The second-order valence-electron chi connectivity index (χ2n) is 5.04. The van der Waals surface area contributed by atoms with Crippen molar-refractivity contribution in [2.24, 2.45) is 10.9 Å². The van der Waals surface area contributed by atoms with E-state index in [9.17, 15) is 0 Å². The van der Waals surface area contributed by atoms with Crippen LogP contribution in [0.4, 0.5) is 0 Å². The maximum absolute atomic E-state index is 5.67. The first-order valence-corrected chi connectivity index (χ1v) is 8.69. The molecular weight excluding hydrogens is 270 g/mol. The largest absolute Gasteiger partial charge is 0.379 e. The fourth-order valence-corrected chi connectivity index (χ4v) is 2.25. The molecule has 1 N–H and O–H groups in total. The summed E-state index contributed by atoms with van der Waals surface area (Å²) in [4.78, 5) is 6.78. The molecule has 0 unspecified atom stereocenters. The first-order valence-electron chi connectivity index (χ1n) is 7.53. The third-order valence-corrected chi connectivity index (χ3v) is 3.99. The Labute approximate surface area is 128 Å². The Morgan fingerprint density at radius 3 is 3.00 bits per heavy atom. The summed E-state index contributed by atoms with van der Waals surface area (Å²) < 4.78 is 5.67. The maximum atomic E-state index is 5.67. The van der Waals surface area contributed by atoms with Gasteiger partial charge in [0.05, 0.1) is 13.2 Å². The van der Waals surface area contributed by atoms with Crippen molar-refractivity contribution in [3.8, 4) is 0 Å². The molecule has 1 saturated carbocycles. The van der Waals surface area contributed by atoms with Crippen LogP contribution in [-0.2, 0) is 4.74 Å². The number of hydrogen-bond donors (Lipinski definition) is 1. The SMILES string of the molecule is C=CCSCCN=C(NCC)N(C)CCOCC1CC1. The van der Waals surface area contributed by atoms with Crippen LogP contribution < -0.4 is 5.32 Å². The molecule has 0 aromatic rings. The van der Waals surface area contributed by atoms with Crippen molar-refractivity contribution in [2.45, 2.75) is 19.8 Å². The minimum Gasteiger partial charge on any atom is -0.379 e. The summed E-state index contributed by atoms with van der Waals surface area (Å²) >= 11 is 1.86. The zero-order chi connectivity index (χ0) is 14.6. The average Bonchev–Trinajstić information content (AvgIpc) is 3.26. The van der Waals surface area contributed by atoms with Gasteiger partial charge in [-0.3, -0.25) is 4.99 Å². The molecule has 116 valence electrons. The number of nitrogens with one attached hydrogen (secondary N) is 1. The normalized spacial score (nSPS) is 15.2. The van der Waals surface area contributed by atoms with E-state index in [0.717, 1.165) is 56.2 Å². The first-order chi connectivity index (χ1) is 9.77. The summed E-state index contributed by atoms with van der Waals surface area (Å²) in [6, 6.07) is 0. The summed E-state index contributed by atoms with van der Waals surface area (Å²) in [5.41, 5.74) is 0. The summed E-state index contributed by atoms with van der Waals surface area (Å²) in [5.74, 6) is 3.84. The Balaban J connectivity index is 2.18. The molecule has 4 nitrogen and oxygen atoms in total. The van der Waals surface area contributed by atoms with Crippen LogP contribution in [0.3, 0.4) is 0 Å². The molecule has 0 atom stereocenters. The number of ether oxygens (including phenoxy) is 1. The first kappa shape index (κ1) is 17.4. The van der Waals surface area contributed by atoms with E-state index in [1.165, 1.54) is 12.8 Å². The summed E-state index contributed by atoms with van der Waals surface area (Å²) in [5, 5.41) is 3.33. The standard InChI is InChI=1S/C15H29N3OS/c1-4-11-20-12-8-17-15(16-5-2)18(3)9-10-19-13-14-6-7-14/h4,14H,1,5-13H2,2-3H3,(H,16,17). The molecular formula is C15H29N3OS. The number of hydrogen-bond acceptors (Lipinski definition) is 3. The van der Waals surface area contributed by atoms with Crippen LogP contribution in [0, 0.1) is 5.92 Å². The minimum atomic E-state index is 0.780. The lowest BCUT2D eigenvalue weighted by molar-refractivity contribution is 0.115. The van der Waals surface area contributed by atoms with E-state index in [0.29, 0.717) is 0 Å². The molecule has 0 heterocycles. The van der Waals surface area contributed by atoms with Gasteiger partial charge < -0.3 is 15.0 Å². The lowest BCUT2D eigenvalue weighted by Gasteiger charge is -2.22. The van der Waals surface area contributed by atoms with Crippen LogP contribution in [0.1, 0.15) is 19.8 Å². The highest BCUT2D eigenvalue weighted by atomic mass is 32.2. The van der Waals surface area contributed by atoms with Crippen molar-refractivity contribution in [1.29, 1.82) is 0 Å². The second kappa shape index (κ2) is 11.0. The van der Waals surface area contributed by atoms with Crippen LogP contribution in [0.2, 0.25) is 0 Å². The summed E-state index contributed by atoms with van der Waals surface area (Å²) in [6.07, 6.45) is 4.63. The highest BCUT2D eigenvalue weighted by Gasteiger charge is 2.21. The Bertz CT molecular complexity index is 293. The number of nitrogens with zero attached hydrogens (tertiary/aromatic N) is 2. The van der Waals surface area contributed by atoms with E-state index in [-0.39, 0.29) is 0 Å². The summed E-state index contributed by atoms with van der Waals surface area (Å²) in [7, 11) is 2.07. The van der Waals surface area contributed by atoms with E-state index in [2.05, 4.69) is 35.8 Å². The van der Waals surface area contributed by atoms with E-state index >= 15 is 0 Å². The number of rotatable bonds is 11. The predicted octanol–water partition coefficient (Wildman–Crippen LogP) is 2.23. The molecule has 5 heteroatoms. The van der Waals surface area contributed by atoms with Crippen LogP contribution in [0.15, 0.2) is 17.6 Å². The maximum Gasteiger partial charge on any atom is 0.193 e. The third-order valence-electron chi connectivity index (χ3n) is 3.05. The monoisotopic (exact) mass is 299 g/mol. The van der Waals surface area contributed by atoms with E-state index < -0.39 is 0 Å². The molecule has 1 aliphatic carbocycles. The van der Waals surface area contributed by atoms with Crippen LogP contribution >= 0.6 is 11.8 Å². The van der Waals surface area contributed by atoms with Gasteiger partial charge in [0.2, 0.25) is 0 Å². The molecule has 0 aromatic heterocycles. The molecule has 0 aromatic carbocycles. The van der Waals surface area contributed by atoms with Crippen LogP contribution in [-0.4, -0.2) is 62.3 Å². The molecule has 1 aliphatic rings. The van der Waals surface area contributed by atoms with Gasteiger partial charge in [-0.15, -0.1) is 6.58 Å². The highest BCUT2D eigenvalue weighted by Crippen LogP contribution is 2.28. The van der Waals surface area contributed by atoms with E-state index in [1.54, 1.807) is 0 Å². The van der Waals surface area contributed by atoms with Crippen molar-refractivity contribution < 1.29 is 4.74 Å². The van der Waals surface area contributed by atoms with Gasteiger partial charge in [0.1, 0.15) is 0 Å². The molecule has 1 rings (SSSR count). The van der Waals surface area contributed by atoms with Gasteiger partial charge in [-0.2, -0.15) is 11.8 Å². The Hall–Kier alpha value is -0.680. The van der Waals surface area contributed by atoms with Crippen molar-refractivity contribution in [2.75, 3.05) is 51.4 Å². The topological polar surface area (TPSA) is 36.9 Å². The molecule has 0 radical (unpaired) electrons. The number of aliphatic imine (C=N–C) groups is 1. The van der Waals surface area contributed by atoms with Gasteiger partial charge in [-0.1, -0.05) is 6.08 Å². The Kier molecular flexibility index (Phi) is 9.58. The highest BCUT2D eigenvalue weighted by molar-refractivity contribution is 7.99. The smallest absolute Gasteiger partial charge is 0.193 e. The van der Waals surface area contributed by atoms with E-state index in [1.807, 2.05) is 17.8 Å². The summed E-state index contributed by atoms with van der Waals surface area (Å²) in [6.45, 7) is 10.1. The van der Waals surface area contributed by atoms with Crippen molar-refractivity contribution in [1.82, 2.24) is 10.2 Å². The molecule has 0 spiro atoms. The molecule has 0 saturated heterocycles. The fourth-order valence-electron chi connectivity index (χ4n) is 1.69. The molecule has 0 aliphatic heterocycles. The number of thioether (sulfide) groups is 1. The van der Waals surface area contributed by atoms with Crippen molar-refractivity contribution >= 4 is 17.7 Å². The Morgan fingerprint density at radius 1 is 1.55 bits per heavy atom. The van der Waals surface area contributed by atoms with Crippen LogP contribution in [0.25, 0.3) is 0 Å². The molecule has 0 amide bonds. The molecule has 20 heavy (non-hydrogen) atoms. The predicted molar refractivity (Wildman–Crippen MR) is 89.7 cm³/mol. The minimum absolute atomic E-state index is 0.780. The van der Waals surface area contributed by atoms with Gasteiger partial charge >= 0.3 is 0 Å². The average molecular weight is 299 g/mol. The lowest BCUT2D eigenvalue weighted by Crippen LogP contribution is -2.40. The lowest BCUT2D eigenvalue weighted by atomic mass is 10.5. The molecule has 0 bridgehead atoms. The van der Waals surface area contributed by atoms with Gasteiger partial charge in [0, 0.05) is 38.2 Å². The fraction of sp³-hybridized carbons (Fsp3) is 0.800. The number of likely N-dealkylation sites (N-methyl/N-ethyl adjacent to an activating group) is 1. The van der Waals surface area contributed by atoms with Crippen LogP contribution in [0.5, 0.6) is 0 Å². The van der Waals surface area contributed by atoms with Gasteiger partial charge in [-0.05, 0) is 25.7 Å². The zero-order valence-electron chi connectivity index (χ0n) is 12.9. The van der Waals surface area contributed by atoms with E-state index in [4.69, 9.17) is 4.74 Å². The van der Waals surface area contributed by atoms with Crippen molar-refractivity contribution in [3.63, 3.8) is 0 Å². The van der Waals surface area contributed by atoms with Gasteiger partial charge in [-0.25, -0.2) is 0 Å². The van der Waals surface area contributed by atoms with Crippen molar-refractivity contribution in [3.05, 3.63) is 12.7 Å².